The molecule has 1 fully saturated rings. The van der Waals surface area contributed by atoms with Crippen molar-refractivity contribution in [1.29, 1.82) is 0 Å². The molecule has 0 bridgehead atoms. The molecular formula is C23H31N3O4. The molecule has 0 saturated carbocycles. The molecule has 2 aromatic carbocycles. The van der Waals surface area contributed by atoms with Gasteiger partial charge in [-0.15, -0.1) is 0 Å². The number of amides is 1. The van der Waals surface area contributed by atoms with Crippen LogP contribution in [0.25, 0.3) is 0 Å². The minimum Gasteiger partial charge on any atom is -0.493 e. The van der Waals surface area contributed by atoms with Crippen molar-refractivity contribution in [3.63, 3.8) is 0 Å². The third-order valence-corrected chi connectivity index (χ3v) is 5.43. The van der Waals surface area contributed by atoms with Gasteiger partial charge < -0.3 is 29.3 Å². The van der Waals surface area contributed by atoms with Gasteiger partial charge in [-0.1, -0.05) is 19.1 Å². The van der Waals surface area contributed by atoms with Gasteiger partial charge >= 0.3 is 0 Å². The molecule has 1 N–H and O–H groups in total. The van der Waals surface area contributed by atoms with E-state index < -0.39 is 0 Å². The van der Waals surface area contributed by atoms with Crippen LogP contribution >= 0.6 is 0 Å². The minimum atomic E-state index is -0.0936. The summed E-state index contributed by atoms with van der Waals surface area (Å²) in [7, 11) is 4.69. The second kappa shape index (κ2) is 10.2. The van der Waals surface area contributed by atoms with Crippen molar-refractivity contribution in [2.24, 2.45) is 0 Å². The van der Waals surface area contributed by atoms with E-state index in [0.717, 1.165) is 49.7 Å². The van der Waals surface area contributed by atoms with Crippen LogP contribution in [0.2, 0.25) is 0 Å². The average Bonchev–Trinajstić information content (AvgIpc) is 2.78. The van der Waals surface area contributed by atoms with Crippen molar-refractivity contribution in [3.8, 4) is 17.2 Å². The lowest BCUT2D eigenvalue weighted by atomic mass is 10.1. The summed E-state index contributed by atoms with van der Waals surface area (Å²) in [6, 6.07) is 11.6. The zero-order valence-corrected chi connectivity index (χ0v) is 18.2. The molecule has 0 radical (unpaired) electrons. The number of para-hydroxylation sites is 2. The Kier molecular flexibility index (Phi) is 7.41. The Labute approximate surface area is 178 Å². The fraction of sp³-hybridized carbons (Fsp3) is 0.435. The number of rotatable bonds is 8. The predicted molar refractivity (Wildman–Crippen MR) is 119 cm³/mol. The second-order valence-electron chi connectivity index (χ2n) is 7.20. The Morgan fingerprint density at radius 2 is 1.60 bits per heavy atom. The van der Waals surface area contributed by atoms with Crippen LogP contribution in [0.1, 0.15) is 12.5 Å². The van der Waals surface area contributed by atoms with E-state index in [1.807, 2.05) is 18.2 Å². The highest BCUT2D eigenvalue weighted by Crippen LogP contribution is 2.38. The van der Waals surface area contributed by atoms with Gasteiger partial charge in [0.15, 0.2) is 11.5 Å². The average molecular weight is 414 g/mol. The van der Waals surface area contributed by atoms with E-state index in [-0.39, 0.29) is 12.3 Å². The third kappa shape index (κ3) is 4.97. The predicted octanol–water partition coefficient (Wildman–Crippen LogP) is 3.04. The summed E-state index contributed by atoms with van der Waals surface area (Å²) >= 11 is 0. The number of piperazine rings is 1. The van der Waals surface area contributed by atoms with Gasteiger partial charge in [0, 0.05) is 26.2 Å². The number of hydrogen-bond acceptors (Lipinski definition) is 6. The molecule has 0 aliphatic carbocycles. The first-order chi connectivity index (χ1) is 14.6. The molecule has 1 aliphatic heterocycles. The number of carbonyl (C=O) groups excluding carboxylic acids is 1. The minimum absolute atomic E-state index is 0.0936. The molecule has 7 heteroatoms. The fourth-order valence-corrected chi connectivity index (χ4v) is 3.78. The van der Waals surface area contributed by atoms with Gasteiger partial charge in [-0.2, -0.15) is 0 Å². The van der Waals surface area contributed by atoms with E-state index in [4.69, 9.17) is 14.2 Å². The van der Waals surface area contributed by atoms with Crippen LogP contribution < -0.4 is 24.4 Å². The number of anilines is 2. The smallest absolute Gasteiger partial charge is 0.228 e. The Morgan fingerprint density at radius 1 is 0.967 bits per heavy atom. The van der Waals surface area contributed by atoms with Gasteiger partial charge in [0.25, 0.3) is 0 Å². The summed E-state index contributed by atoms with van der Waals surface area (Å²) in [6.07, 6.45) is 0.203. The molecular weight excluding hydrogens is 382 g/mol. The quantitative estimate of drug-likeness (QED) is 0.718. The van der Waals surface area contributed by atoms with Crippen LogP contribution in [-0.4, -0.2) is 64.9 Å². The van der Waals surface area contributed by atoms with Crippen molar-refractivity contribution in [1.82, 2.24) is 4.90 Å². The summed E-state index contributed by atoms with van der Waals surface area (Å²) in [5.41, 5.74) is 2.68. The number of nitrogens with one attached hydrogen (secondary N) is 1. The highest BCUT2D eigenvalue weighted by Gasteiger charge is 2.19. The number of hydrogen-bond donors (Lipinski definition) is 1. The van der Waals surface area contributed by atoms with Gasteiger partial charge in [-0.25, -0.2) is 0 Å². The SMILES string of the molecule is CCN1CCN(c2ccccc2NC(=O)Cc2cc(OC)c(OC)c(OC)c2)CC1. The number of nitrogens with zero attached hydrogens (tertiary/aromatic N) is 2. The van der Waals surface area contributed by atoms with Crippen LogP contribution in [0.15, 0.2) is 36.4 Å². The molecule has 1 saturated heterocycles. The molecule has 30 heavy (non-hydrogen) atoms. The molecule has 1 aliphatic rings. The maximum absolute atomic E-state index is 12.8. The van der Waals surface area contributed by atoms with Crippen LogP contribution in [0, 0.1) is 0 Å². The van der Waals surface area contributed by atoms with Crippen LogP contribution in [0.5, 0.6) is 17.2 Å². The van der Waals surface area contributed by atoms with Crippen molar-refractivity contribution in [2.75, 3.05) is 64.3 Å². The Morgan fingerprint density at radius 3 is 2.17 bits per heavy atom. The van der Waals surface area contributed by atoms with Gasteiger partial charge in [0.05, 0.1) is 39.1 Å². The van der Waals surface area contributed by atoms with E-state index >= 15 is 0 Å². The first kappa shape index (κ1) is 21.8. The Balaban J connectivity index is 1.73. The number of methoxy groups -OCH3 is 3. The summed E-state index contributed by atoms with van der Waals surface area (Å²) in [6.45, 7) is 7.23. The molecule has 7 nitrogen and oxygen atoms in total. The number of carbonyl (C=O) groups is 1. The normalized spacial score (nSPS) is 14.3. The molecule has 162 valence electrons. The largest absolute Gasteiger partial charge is 0.493 e. The molecule has 0 aromatic heterocycles. The van der Waals surface area contributed by atoms with Gasteiger partial charge in [-0.3, -0.25) is 4.79 Å². The van der Waals surface area contributed by atoms with Crippen LogP contribution in [0.3, 0.4) is 0 Å². The maximum Gasteiger partial charge on any atom is 0.228 e. The van der Waals surface area contributed by atoms with Crippen molar-refractivity contribution >= 4 is 17.3 Å². The molecule has 1 heterocycles. The molecule has 1 amide bonds. The molecule has 0 atom stereocenters. The monoisotopic (exact) mass is 413 g/mol. The number of likely N-dealkylation sites (N-methyl/N-ethyl adjacent to an activating group) is 1. The lowest BCUT2D eigenvalue weighted by Crippen LogP contribution is -2.46. The van der Waals surface area contributed by atoms with Gasteiger partial charge in [-0.05, 0) is 36.4 Å². The maximum atomic E-state index is 12.8. The lowest BCUT2D eigenvalue weighted by molar-refractivity contribution is -0.115. The van der Waals surface area contributed by atoms with Crippen LogP contribution in [-0.2, 0) is 11.2 Å². The van der Waals surface area contributed by atoms with Crippen molar-refractivity contribution in [3.05, 3.63) is 42.0 Å². The summed E-state index contributed by atoms with van der Waals surface area (Å²) < 4.78 is 16.1. The zero-order chi connectivity index (χ0) is 21.5. The van der Waals surface area contributed by atoms with E-state index in [1.165, 1.54) is 0 Å². The highest BCUT2D eigenvalue weighted by atomic mass is 16.5. The molecule has 0 spiro atoms. The summed E-state index contributed by atoms with van der Waals surface area (Å²) in [4.78, 5) is 17.6. The first-order valence-corrected chi connectivity index (χ1v) is 10.2. The summed E-state index contributed by atoms with van der Waals surface area (Å²) in [5.74, 6) is 1.49. The summed E-state index contributed by atoms with van der Waals surface area (Å²) in [5, 5.41) is 3.08. The standard InChI is InChI=1S/C23H31N3O4/c1-5-25-10-12-26(13-11-25)19-9-7-6-8-18(19)24-22(27)16-17-14-20(28-2)23(30-4)21(15-17)29-3/h6-9,14-15H,5,10-13,16H2,1-4H3,(H,24,27). The van der Waals surface area contributed by atoms with E-state index in [0.29, 0.717) is 17.2 Å². The van der Waals surface area contributed by atoms with E-state index in [9.17, 15) is 4.79 Å². The fourth-order valence-electron chi connectivity index (χ4n) is 3.78. The zero-order valence-electron chi connectivity index (χ0n) is 18.2. The van der Waals surface area contributed by atoms with E-state index in [1.54, 1.807) is 33.5 Å². The topological polar surface area (TPSA) is 63.3 Å². The highest BCUT2D eigenvalue weighted by molar-refractivity contribution is 5.95. The molecule has 3 rings (SSSR count). The molecule has 2 aromatic rings. The van der Waals surface area contributed by atoms with Crippen LogP contribution in [0.4, 0.5) is 11.4 Å². The van der Waals surface area contributed by atoms with Crippen molar-refractivity contribution < 1.29 is 19.0 Å². The Bertz CT molecular complexity index is 838. The Hall–Kier alpha value is -2.93. The van der Waals surface area contributed by atoms with E-state index in [2.05, 4.69) is 28.1 Å². The van der Waals surface area contributed by atoms with Gasteiger partial charge in [0.1, 0.15) is 0 Å². The van der Waals surface area contributed by atoms with Gasteiger partial charge in [0.2, 0.25) is 11.7 Å². The first-order valence-electron chi connectivity index (χ1n) is 10.2. The third-order valence-electron chi connectivity index (χ3n) is 5.43. The number of ether oxygens (including phenoxy) is 3. The number of benzene rings is 2. The lowest BCUT2D eigenvalue weighted by Gasteiger charge is -2.36. The second-order valence-corrected chi connectivity index (χ2v) is 7.20. The van der Waals surface area contributed by atoms with Crippen molar-refractivity contribution in [2.45, 2.75) is 13.3 Å². The molecule has 0 unspecified atom stereocenters.